The standard InChI is InChI=1S/C14H20BrNO2S/c15-13-3-1-2-4-14(13)18-10-12(17)9-16-11-5-7-19-8-6-11/h1-4,11-12,16-17H,5-10H2. The van der Waals surface area contributed by atoms with Crippen LogP contribution < -0.4 is 10.1 Å². The fourth-order valence-corrected chi connectivity index (χ4v) is 3.52. The van der Waals surface area contributed by atoms with Gasteiger partial charge in [0.15, 0.2) is 0 Å². The minimum Gasteiger partial charge on any atom is -0.490 e. The first kappa shape index (κ1) is 15.2. The number of thioether (sulfide) groups is 1. The van der Waals surface area contributed by atoms with Crippen LogP contribution in [0.5, 0.6) is 5.75 Å². The first-order valence-corrected chi connectivity index (χ1v) is 8.57. The quantitative estimate of drug-likeness (QED) is 0.831. The van der Waals surface area contributed by atoms with E-state index in [0.29, 0.717) is 19.2 Å². The van der Waals surface area contributed by atoms with Crippen molar-refractivity contribution in [3.63, 3.8) is 0 Å². The van der Waals surface area contributed by atoms with Crippen LogP contribution in [0, 0.1) is 0 Å². The fraction of sp³-hybridized carbons (Fsp3) is 0.571. The van der Waals surface area contributed by atoms with E-state index in [1.54, 1.807) is 0 Å². The summed E-state index contributed by atoms with van der Waals surface area (Å²) in [5.74, 6) is 3.22. The van der Waals surface area contributed by atoms with Gasteiger partial charge in [-0.25, -0.2) is 0 Å². The molecule has 0 bridgehead atoms. The number of hydrogen-bond donors (Lipinski definition) is 2. The Kier molecular flexibility index (Phi) is 6.50. The van der Waals surface area contributed by atoms with Gasteiger partial charge in [-0.1, -0.05) is 12.1 Å². The number of aliphatic hydroxyl groups excluding tert-OH is 1. The monoisotopic (exact) mass is 345 g/mol. The second-order valence-corrected chi connectivity index (χ2v) is 6.77. The summed E-state index contributed by atoms with van der Waals surface area (Å²) in [6.45, 7) is 0.914. The van der Waals surface area contributed by atoms with Gasteiger partial charge in [0.1, 0.15) is 18.5 Å². The Bertz CT molecular complexity index is 385. The first-order chi connectivity index (χ1) is 9.25. The molecule has 1 aliphatic heterocycles. The molecule has 0 aliphatic carbocycles. The largest absolute Gasteiger partial charge is 0.490 e. The highest BCUT2D eigenvalue weighted by Crippen LogP contribution is 2.23. The molecule has 1 aliphatic rings. The van der Waals surface area contributed by atoms with E-state index in [0.717, 1.165) is 10.2 Å². The van der Waals surface area contributed by atoms with Crippen molar-refractivity contribution in [2.45, 2.75) is 25.0 Å². The molecule has 1 heterocycles. The second-order valence-electron chi connectivity index (χ2n) is 4.69. The summed E-state index contributed by atoms with van der Waals surface area (Å²) in [5.41, 5.74) is 0. The van der Waals surface area contributed by atoms with Crippen LogP contribution in [0.1, 0.15) is 12.8 Å². The van der Waals surface area contributed by atoms with Gasteiger partial charge in [-0.3, -0.25) is 0 Å². The van der Waals surface area contributed by atoms with Gasteiger partial charge >= 0.3 is 0 Å². The Morgan fingerprint density at radius 2 is 2.11 bits per heavy atom. The van der Waals surface area contributed by atoms with Gasteiger partial charge in [0, 0.05) is 12.6 Å². The molecule has 1 atom stereocenters. The Balaban J connectivity index is 1.66. The first-order valence-electron chi connectivity index (χ1n) is 6.62. The molecule has 2 N–H and O–H groups in total. The third-order valence-corrected chi connectivity index (χ3v) is 4.84. The number of hydrogen-bond acceptors (Lipinski definition) is 4. The zero-order valence-electron chi connectivity index (χ0n) is 10.8. The molecule has 5 heteroatoms. The predicted octanol–water partition coefficient (Wildman–Crippen LogP) is 2.67. The number of rotatable bonds is 6. The Morgan fingerprint density at radius 3 is 2.84 bits per heavy atom. The van der Waals surface area contributed by atoms with Crippen molar-refractivity contribution in [3.05, 3.63) is 28.7 Å². The van der Waals surface area contributed by atoms with E-state index in [9.17, 15) is 5.11 Å². The summed E-state index contributed by atoms with van der Waals surface area (Å²) in [7, 11) is 0. The average molecular weight is 346 g/mol. The molecule has 2 rings (SSSR count). The van der Waals surface area contributed by atoms with Crippen LogP contribution in [0.15, 0.2) is 28.7 Å². The van der Waals surface area contributed by atoms with Gasteiger partial charge in [0.05, 0.1) is 4.47 Å². The molecule has 1 aromatic carbocycles. The van der Waals surface area contributed by atoms with Crippen molar-refractivity contribution >= 4 is 27.7 Å². The molecule has 0 amide bonds. The molecule has 3 nitrogen and oxygen atoms in total. The Morgan fingerprint density at radius 1 is 1.37 bits per heavy atom. The lowest BCUT2D eigenvalue weighted by atomic mass is 10.1. The van der Waals surface area contributed by atoms with Crippen molar-refractivity contribution in [2.75, 3.05) is 24.7 Å². The minimum atomic E-state index is -0.471. The van der Waals surface area contributed by atoms with Crippen LogP contribution >= 0.6 is 27.7 Å². The average Bonchev–Trinajstić information content (AvgIpc) is 2.45. The molecule has 1 aromatic rings. The molecule has 19 heavy (non-hydrogen) atoms. The molecule has 106 valence electrons. The van der Waals surface area contributed by atoms with E-state index < -0.39 is 6.10 Å². The summed E-state index contributed by atoms with van der Waals surface area (Å²) in [5, 5.41) is 13.3. The molecule has 0 saturated carbocycles. The zero-order valence-corrected chi connectivity index (χ0v) is 13.3. The number of benzene rings is 1. The fourth-order valence-electron chi connectivity index (χ4n) is 2.01. The smallest absolute Gasteiger partial charge is 0.133 e. The van der Waals surface area contributed by atoms with Crippen molar-refractivity contribution in [1.29, 1.82) is 0 Å². The number of ether oxygens (including phenoxy) is 1. The van der Waals surface area contributed by atoms with E-state index in [4.69, 9.17) is 4.74 Å². The molecule has 0 aromatic heterocycles. The van der Waals surface area contributed by atoms with Gasteiger partial charge in [0.2, 0.25) is 0 Å². The Hall–Kier alpha value is -0.230. The molecule has 0 spiro atoms. The van der Waals surface area contributed by atoms with Crippen molar-refractivity contribution in [3.8, 4) is 5.75 Å². The number of aliphatic hydroxyl groups is 1. The molecule has 1 unspecified atom stereocenters. The maximum Gasteiger partial charge on any atom is 0.133 e. The predicted molar refractivity (Wildman–Crippen MR) is 84.0 cm³/mol. The van der Waals surface area contributed by atoms with Crippen LogP contribution in [0.3, 0.4) is 0 Å². The summed E-state index contributed by atoms with van der Waals surface area (Å²) < 4.78 is 6.51. The van der Waals surface area contributed by atoms with Crippen molar-refractivity contribution in [1.82, 2.24) is 5.32 Å². The molecule has 1 fully saturated rings. The molecular formula is C14H20BrNO2S. The lowest BCUT2D eigenvalue weighted by Crippen LogP contribution is -2.39. The van der Waals surface area contributed by atoms with E-state index in [1.165, 1.54) is 24.3 Å². The summed E-state index contributed by atoms with van der Waals surface area (Å²) in [6, 6.07) is 8.24. The van der Waals surface area contributed by atoms with Crippen LogP contribution in [-0.2, 0) is 0 Å². The highest BCUT2D eigenvalue weighted by molar-refractivity contribution is 9.10. The van der Waals surface area contributed by atoms with Crippen LogP contribution in [0.2, 0.25) is 0 Å². The molecule has 1 saturated heterocycles. The van der Waals surface area contributed by atoms with Crippen molar-refractivity contribution < 1.29 is 9.84 Å². The minimum absolute atomic E-state index is 0.317. The summed E-state index contributed by atoms with van der Waals surface area (Å²) in [4.78, 5) is 0. The summed E-state index contributed by atoms with van der Waals surface area (Å²) in [6.07, 6.45) is 1.92. The molecular weight excluding hydrogens is 326 g/mol. The number of halogens is 1. The highest BCUT2D eigenvalue weighted by atomic mass is 79.9. The van der Waals surface area contributed by atoms with Crippen LogP contribution in [0.25, 0.3) is 0 Å². The van der Waals surface area contributed by atoms with Gasteiger partial charge in [-0.05, 0) is 52.4 Å². The lowest BCUT2D eigenvalue weighted by Gasteiger charge is -2.24. The maximum atomic E-state index is 9.92. The number of nitrogens with one attached hydrogen (secondary N) is 1. The van der Waals surface area contributed by atoms with Gasteiger partial charge in [0.25, 0.3) is 0 Å². The summed E-state index contributed by atoms with van der Waals surface area (Å²) >= 11 is 5.43. The SMILES string of the molecule is OC(CNC1CCSCC1)COc1ccccc1Br. The third-order valence-electron chi connectivity index (χ3n) is 3.13. The lowest BCUT2D eigenvalue weighted by molar-refractivity contribution is 0.103. The third kappa shape index (κ3) is 5.34. The normalized spacial score (nSPS) is 18.2. The van der Waals surface area contributed by atoms with E-state index in [-0.39, 0.29) is 0 Å². The maximum absolute atomic E-state index is 9.92. The highest BCUT2D eigenvalue weighted by Gasteiger charge is 2.15. The van der Waals surface area contributed by atoms with Crippen LogP contribution in [-0.4, -0.2) is 41.9 Å². The second kappa shape index (κ2) is 8.15. The zero-order chi connectivity index (χ0) is 13.5. The van der Waals surface area contributed by atoms with E-state index in [2.05, 4.69) is 21.2 Å². The van der Waals surface area contributed by atoms with Gasteiger partial charge in [-0.15, -0.1) is 0 Å². The van der Waals surface area contributed by atoms with Gasteiger partial charge < -0.3 is 15.2 Å². The van der Waals surface area contributed by atoms with Crippen molar-refractivity contribution in [2.24, 2.45) is 0 Å². The number of para-hydroxylation sites is 1. The van der Waals surface area contributed by atoms with E-state index >= 15 is 0 Å². The molecule has 0 radical (unpaired) electrons. The van der Waals surface area contributed by atoms with Crippen LogP contribution in [0.4, 0.5) is 0 Å². The van der Waals surface area contributed by atoms with E-state index in [1.807, 2.05) is 36.0 Å². The Labute approximate surface area is 127 Å². The topological polar surface area (TPSA) is 41.5 Å². The van der Waals surface area contributed by atoms with Gasteiger partial charge in [-0.2, -0.15) is 11.8 Å².